The Bertz CT molecular complexity index is 1810. The summed E-state index contributed by atoms with van der Waals surface area (Å²) in [4.78, 5) is 64.0. The lowest BCUT2D eigenvalue weighted by molar-refractivity contribution is -0.268. The average molecular weight is 773 g/mol. The number of halogens is 1. The molecule has 0 N–H and O–H groups in total. The van der Waals surface area contributed by atoms with E-state index < -0.39 is 67.0 Å². The summed E-state index contributed by atoms with van der Waals surface area (Å²) in [6, 6.07) is 17.0. The summed E-state index contributed by atoms with van der Waals surface area (Å²) in [7, 11) is 0. The zero-order valence-electron chi connectivity index (χ0n) is 26.6. The number of para-hydroxylation sites is 1. The molecular weight excluding hydrogens is 742 g/mol. The first-order chi connectivity index (χ1) is 23.3. The van der Waals surface area contributed by atoms with E-state index in [0.717, 1.165) is 53.2 Å². The van der Waals surface area contributed by atoms with Gasteiger partial charge in [-0.3, -0.25) is 28.9 Å². The van der Waals surface area contributed by atoms with Gasteiger partial charge in [-0.25, -0.2) is 4.68 Å². The fraction of sp³-hybridized carbons (Fsp3) is 0.303. The van der Waals surface area contributed by atoms with Crippen LogP contribution in [-0.2, 0) is 47.7 Å². The van der Waals surface area contributed by atoms with Crippen LogP contribution in [0.1, 0.15) is 33.3 Å². The third kappa shape index (κ3) is 8.44. The molecule has 49 heavy (non-hydrogen) atoms. The highest BCUT2D eigenvalue weighted by Gasteiger charge is 2.56. The fourth-order valence-corrected chi connectivity index (χ4v) is 6.86. The number of nitrogens with zero attached hydrogens (tertiary/aromatic N) is 3. The SMILES string of the molecule is CC(=O)OC[C@@H]1O[C@@H](N2C(=O)/C(=C/c3cn(-c4ccccc4)nc3-c3ccc(Br)cc3)SC2=S)[C@@H](OC(C)=O)[C@H](OC(C)=O)[C@@H]1OC(C)=O. The van der Waals surface area contributed by atoms with Crippen LogP contribution in [0, 0.1) is 0 Å². The number of rotatable bonds is 9. The van der Waals surface area contributed by atoms with Crippen molar-refractivity contribution in [3.05, 3.63) is 75.7 Å². The minimum Gasteiger partial charge on any atom is -0.463 e. The highest BCUT2D eigenvalue weighted by atomic mass is 79.9. The molecule has 16 heteroatoms. The molecule has 0 aliphatic carbocycles. The van der Waals surface area contributed by atoms with Crippen molar-refractivity contribution in [2.24, 2.45) is 0 Å². The Kier molecular flexibility index (Phi) is 11.3. The average Bonchev–Trinajstić information content (AvgIpc) is 3.58. The van der Waals surface area contributed by atoms with Crippen molar-refractivity contribution in [1.29, 1.82) is 0 Å². The normalized spacial score (nSPS) is 22.9. The van der Waals surface area contributed by atoms with Gasteiger partial charge in [0.2, 0.25) is 0 Å². The van der Waals surface area contributed by atoms with Gasteiger partial charge in [-0.2, -0.15) is 5.10 Å². The van der Waals surface area contributed by atoms with E-state index in [1.54, 1.807) is 17.0 Å². The molecule has 1 aromatic heterocycles. The highest BCUT2D eigenvalue weighted by Crippen LogP contribution is 2.40. The largest absolute Gasteiger partial charge is 0.463 e. The Morgan fingerprint density at radius 2 is 1.51 bits per heavy atom. The number of benzene rings is 2. The topological polar surface area (TPSA) is 153 Å². The maximum atomic E-state index is 14.2. The fourth-order valence-electron chi connectivity index (χ4n) is 5.29. The monoisotopic (exact) mass is 771 g/mol. The van der Waals surface area contributed by atoms with E-state index in [1.165, 1.54) is 6.92 Å². The second kappa shape index (κ2) is 15.4. The van der Waals surface area contributed by atoms with Gasteiger partial charge in [0.25, 0.3) is 5.91 Å². The van der Waals surface area contributed by atoms with E-state index in [-0.39, 0.29) is 9.23 Å². The van der Waals surface area contributed by atoms with Gasteiger partial charge >= 0.3 is 23.9 Å². The predicted octanol–water partition coefficient (Wildman–Crippen LogP) is 4.59. The van der Waals surface area contributed by atoms with Gasteiger partial charge in [0, 0.05) is 49.5 Å². The Balaban J connectivity index is 1.56. The van der Waals surface area contributed by atoms with Crippen molar-refractivity contribution in [3.63, 3.8) is 0 Å². The van der Waals surface area contributed by atoms with Gasteiger partial charge in [-0.15, -0.1) is 0 Å². The number of ether oxygens (including phenoxy) is 5. The van der Waals surface area contributed by atoms with Crippen molar-refractivity contribution >= 4 is 80.1 Å². The summed E-state index contributed by atoms with van der Waals surface area (Å²) in [5, 5.41) is 4.81. The summed E-state index contributed by atoms with van der Waals surface area (Å²) >= 11 is 10.1. The quantitative estimate of drug-likeness (QED) is 0.129. The molecule has 2 aliphatic heterocycles. The molecule has 2 fully saturated rings. The number of hydrogen-bond donors (Lipinski definition) is 0. The molecule has 1 amide bonds. The van der Waals surface area contributed by atoms with E-state index in [2.05, 4.69) is 15.9 Å². The lowest BCUT2D eigenvalue weighted by Crippen LogP contribution is -2.66. The minimum absolute atomic E-state index is 0.0396. The molecule has 0 spiro atoms. The van der Waals surface area contributed by atoms with Crippen LogP contribution in [0.15, 0.2) is 70.2 Å². The van der Waals surface area contributed by atoms with E-state index in [1.807, 2.05) is 54.6 Å². The van der Waals surface area contributed by atoms with Crippen molar-refractivity contribution in [2.45, 2.75) is 58.3 Å². The van der Waals surface area contributed by atoms with Gasteiger partial charge in [0.1, 0.15) is 12.7 Å². The molecule has 5 atom stereocenters. The van der Waals surface area contributed by atoms with Crippen LogP contribution >= 0.6 is 39.9 Å². The van der Waals surface area contributed by atoms with Crippen LogP contribution in [0.3, 0.4) is 0 Å². The molecule has 0 unspecified atom stereocenters. The summed E-state index contributed by atoms with van der Waals surface area (Å²) in [5.41, 5.74) is 2.78. The molecule has 0 saturated carbocycles. The number of aromatic nitrogens is 2. The van der Waals surface area contributed by atoms with Crippen LogP contribution in [0.5, 0.6) is 0 Å². The van der Waals surface area contributed by atoms with Crippen LogP contribution in [0.25, 0.3) is 23.0 Å². The first kappa shape index (κ1) is 35.9. The lowest BCUT2D eigenvalue weighted by Gasteiger charge is -2.46. The molecule has 256 valence electrons. The van der Waals surface area contributed by atoms with Gasteiger partial charge in [0.05, 0.1) is 16.3 Å². The minimum atomic E-state index is -1.50. The molecule has 2 aromatic carbocycles. The first-order valence-electron chi connectivity index (χ1n) is 14.8. The zero-order valence-corrected chi connectivity index (χ0v) is 29.8. The second-order valence-electron chi connectivity index (χ2n) is 10.9. The molecule has 2 saturated heterocycles. The van der Waals surface area contributed by atoms with Crippen LogP contribution < -0.4 is 0 Å². The summed E-state index contributed by atoms with van der Waals surface area (Å²) < 4.78 is 30.5. The molecule has 3 heterocycles. The molecule has 0 radical (unpaired) electrons. The maximum Gasteiger partial charge on any atom is 0.303 e. The van der Waals surface area contributed by atoms with Crippen LogP contribution in [0.2, 0.25) is 0 Å². The number of carbonyl (C=O) groups is 5. The smallest absolute Gasteiger partial charge is 0.303 e. The molecule has 5 rings (SSSR count). The van der Waals surface area contributed by atoms with E-state index >= 15 is 0 Å². The van der Waals surface area contributed by atoms with Gasteiger partial charge in [0.15, 0.2) is 28.9 Å². The van der Waals surface area contributed by atoms with Crippen molar-refractivity contribution < 1.29 is 47.7 Å². The highest BCUT2D eigenvalue weighted by molar-refractivity contribution is 9.10. The lowest BCUT2D eigenvalue weighted by atomic mass is 9.96. The number of thioether (sulfide) groups is 1. The van der Waals surface area contributed by atoms with Crippen LogP contribution in [0.4, 0.5) is 0 Å². The first-order valence-corrected chi connectivity index (χ1v) is 16.8. The van der Waals surface area contributed by atoms with Gasteiger partial charge < -0.3 is 23.7 Å². The van der Waals surface area contributed by atoms with E-state index in [4.69, 9.17) is 41.0 Å². The van der Waals surface area contributed by atoms with Crippen molar-refractivity contribution in [3.8, 4) is 16.9 Å². The van der Waals surface area contributed by atoms with Crippen molar-refractivity contribution in [1.82, 2.24) is 14.7 Å². The Morgan fingerprint density at radius 1 is 0.898 bits per heavy atom. The van der Waals surface area contributed by atoms with Crippen molar-refractivity contribution in [2.75, 3.05) is 6.61 Å². The molecule has 3 aromatic rings. The summed E-state index contributed by atoms with van der Waals surface area (Å²) in [6.07, 6.45) is -3.64. The third-order valence-electron chi connectivity index (χ3n) is 7.21. The van der Waals surface area contributed by atoms with Crippen LogP contribution in [-0.4, -0.2) is 86.0 Å². The summed E-state index contributed by atoms with van der Waals surface area (Å²) in [5.74, 6) is -3.65. The van der Waals surface area contributed by atoms with Gasteiger partial charge in [-0.1, -0.05) is 70.2 Å². The number of hydrogen-bond acceptors (Lipinski definition) is 13. The third-order valence-corrected chi connectivity index (χ3v) is 9.07. The molecule has 0 bridgehead atoms. The zero-order chi connectivity index (χ0) is 35.4. The molecule has 2 aliphatic rings. The Morgan fingerprint density at radius 3 is 2.12 bits per heavy atom. The summed E-state index contributed by atoms with van der Waals surface area (Å²) in [6.45, 7) is 4.07. The molecular formula is C33H30BrN3O10S2. The number of esters is 4. The Labute approximate surface area is 299 Å². The van der Waals surface area contributed by atoms with E-state index in [9.17, 15) is 24.0 Å². The second-order valence-corrected chi connectivity index (χ2v) is 13.5. The number of carbonyl (C=O) groups excluding carboxylic acids is 5. The number of amides is 1. The van der Waals surface area contributed by atoms with E-state index in [0.29, 0.717) is 11.3 Å². The van der Waals surface area contributed by atoms with Gasteiger partial charge in [-0.05, 0) is 30.3 Å². The standard InChI is InChI=1S/C33H30BrN3O10S2/c1-17(38)43-16-25-28(44-18(2)39)29(45-19(3)40)30(46-20(4)41)32(47-25)37-31(42)26(49-33(37)48)14-22-15-36(24-8-6-5-7-9-24)35-27(22)21-10-12-23(34)13-11-21/h5-15,25,28-30,32H,16H2,1-4H3/b26-14-/t25-,28+,29+,30-,32+/m0/s1. The number of thiocarbonyl (C=S) groups is 1. The Hall–Kier alpha value is -4.38. The molecule has 13 nitrogen and oxygen atoms in total. The predicted molar refractivity (Wildman–Crippen MR) is 184 cm³/mol. The maximum absolute atomic E-state index is 14.2.